The lowest BCUT2D eigenvalue weighted by Crippen LogP contribution is -2.52. The minimum Gasteiger partial charge on any atom is -0.465 e. The largest absolute Gasteiger partial charge is 0.465 e. The maximum atomic E-state index is 13.4. The summed E-state index contributed by atoms with van der Waals surface area (Å²) in [7, 11) is 0. The van der Waals surface area contributed by atoms with E-state index in [0.29, 0.717) is 42.5 Å². The number of hydrogen-bond donors (Lipinski definition) is 3. The van der Waals surface area contributed by atoms with E-state index in [1.54, 1.807) is 45.0 Å². The molecule has 1 saturated carbocycles. The fourth-order valence-corrected chi connectivity index (χ4v) is 4.01. The highest BCUT2D eigenvalue weighted by Crippen LogP contribution is 2.21. The Hall–Kier alpha value is -3.49. The van der Waals surface area contributed by atoms with Crippen molar-refractivity contribution in [1.82, 2.24) is 20.5 Å². The molecule has 9 heteroatoms. The number of carbonyl (C=O) groups excluding carboxylic acids is 2. The number of halogens is 1. The number of aromatic nitrogens is 1. The monoisotopic (exact) mass is 470 g/mol. The van der Waals surface area contributed by atoms with Crippen LogP contribution in [0.3, 0.4) is 0 Å². The van der Waals surface area contributed by atoms with Crippen molar-refractivity contribution < 1.29 is 23.9 Å². The van der Waals surface area contributed by atoms with Gasteiger partial charge in [-0.15, -0.1) is 0 Å². The summed E-state index contributed by atoms with van der Waals surface area (Å²) < 4.78 is 13.4. The van der Waals surface area contributed by atoms with Gasteiger partial charge in [-0.25, -0.2) is 9.18 Å². The smallest absolute Gasteiger partial charge is 0.408 e. The molecule has 2 aromatic rings. The van der Waals surface area contributed by atoms with Gasteiger partial charge in [-0.1, -0.05) is 12.1 Å². The standard InChI is InChI=1S/C25H31FN4O4/c1-25(2,3)30(24(33)34)15-22(31)28-19-8-10-20(11-9-19)29-23(32)17-7-12-21(27-14-17)16-5-4-6-18(26)13-16/h4-7,12-14,19-20H,8-11,15H2,1-3H3,(H,28,31)(H,29,32)(H,33,34). The summed E-state index contributed by atoms with van der Waals surface area (Å²) in [6.07, 6.45) is 3.13. The quantitative estimate of drug-likeness (QED) is 0.594. The van der Waals surface area contributed by atoms with Crippen LogP contribution in [0.4, 0.5) is 9.18 Å². The number of carboxylic acid groups (broad SMARTS) is 1. The molecule has 3 amide bonds. The third kappa shape index (κ3) is 6.76. The number of rotatable bonds is 6. The summed E-state index contributed by atoms with van der Waals surface area (Å²) in [4.78, 5) is 41.8. The maximum Gasteiger partial charge on any atom is 0.408 e. The molecular weight excluding hydrogens is 439 g/mol. The predicted molar refractivity (Wildman–Crippen MR) is 126 cm³/mol. The van der Waals surface area contributed by atoms with Gasteiger partial charge in [-0.2, -0.15) is 0 Å². The topological polar surface area (TPSA) is 112 Å². The van der Waals surface area contributed by atoms with Gasteiger partial charge in [0.2, 0.25) is 5.91 Å². The third-order valence-corrected chi connectivity index (χ3v) is 5.92. The average Bonchev–Trinajstić information content (AvgIpc) is 2.78. The molecular formula is C25H31FN4O4. The average molecular weight is 471 g/mol. The predicted octanol–water partition coefficient (Wildman–Crippen LogP) is 3.82. The zero-order valence-corrected chi connectivity index (χ0v) is 19.7. The van der Waals surface area contributed by atoms with Gasteiger partial charge in [-0.3, -0.25) is 19.5 Å². The molecule has 0 unspecified atom stereocenters. The van der Waals surface area contributed by atoms with E-state index < -0.39 is 11.6 Å². The van der Waals surface area contributed by atoms with Crippen LogP contribution in [0.2, 0.25) is 0 Å². The van der Waals surface area contributed by atoms with Crippen LogP contribution >= 0.6 is 0 Å². The number of nitrogens with one attached hydrogen (secondary N) is 2. The second kappa shape index (κ2) is 10.6. The lowest BCUT2D eigenvalue weighted by molar-refractivity contribution is -0.123. The summed E-state index contributed by atoms with van der Waals surface area (Å²) in [6, 6.07) is 9.40. The van der Waals surface area contributed by atoms with E-state index in [-0.39, 0.29) is 36.3 Å². The Bertz CT molecular complexity index is 1030. The van der Waals surface area contributed by atoms with Gasteiger partial charge >= 0.3 is 6.09 Å². The summed E-state index contributed by atoms with van der Waals surface area (Å²) >= 11 is 0. The third-order valence-electron chi connectivity index (χ3n) is 5.92. The van der Waals surface area contributed by atoms with Crippen molar-refractivity contribution in [1.29, 1.82) is 0 Å². The van der Waals surface area contributed by atoms with Gasteiger partial charge in [0, 0.05) is 29.4 Å². The van der Waals surface area contributed by atoms with Crippen LogP contribution in [0.25, 0.3) is 11.3 Å². The molecule has 1 aromatic carbocycles. The second-order valence-electron chi connectivity index (χ2n) is 9.57. The normalized spacial score (nSPS) is 18.1. The van der Waals surface area contributed by atoms with Gasteiger partial charge in [0.25, 0.3) is 5.91 Å². The number of nitrogens with zero attached hydrogens (tertiary/aromatic N) is 2. The van der Waals surface area contributed by atoms with Gasteiger partial charge < -0.3 is 15.7 Å². The highest BCUT2D eigenvalue weighted by molar-refractivity contribution is 5.94. The van der Waals surface area contributed by atoms with Gasteiger partial charge in [-0.05, 0) is 70.7 Å². The van der Waals surface area contributed by atoms with E-state index in [2.05, 4.69) is 15.6 Å². The Morgan fingerprint density at radius 3 is 2.24 bits per heavy atom. The Morgan fingerprint density at radius 1 is 1.06 bits per heavy atom. The molecule has 3 rings (SSSR count). The van der Waals surface area contributed by atoms with E-state index in [0.717, 1.165) is 4.90 Å². The number of hydrogen-bond acceptors (Lipinski definition) is 4. The first-order chi connectivity index (χ1) is 16.0. The molecule has 182 valence electrons. The Kier molecular flexibility index (Phi) is 7.86. The Labute approximate surface area is 198 Å². The second-order valence-corrected chi connectivity index (χ2v) is 9.57. The molecule has 0 atom stereocenters. The first kappa shape index (κ1) is 25.1. The maximum absolute atomic E-state index is 13.4. The fourth-order valence-electron chi connectivity index (χ4n) is 4.01. The number of pyridine rings is 1. The summed E-state index contributed by atoms with van der Waals surface area (Å²) in [5.74, 6) is -0.899. The minimum atomic E-state index is -1.13. The zero-order valence-electron chi connectivity index (χ0n) is 19.7. The van der Waals surface area contributed by atoms with Crippen molar-refractivity contribution in [2.75, 3.05) is 6.54 Å². The van der Waals surface area contributed by atoms with E-state index >= 15 is 0 Å². The number of carbonyl (C=O) groups is 3. The molecule has 1 aliphatic rings. The minimum absolute atomic E-state index is 0.0198. The lowest BCUT2D eigenvalue weighted by atomic mass is 9.91. The van der Waals surface area contributed by atoms with Crippen LogP contribution in [-0.2, 0) is 4.79 Å². The van der Waals surface area contributed by atoms with Crippen molar-refractivity contribution in [3.05, 3.63) is 54.0 Å². The van der Waals surface area contributed by atoms with Crippen molar-refractivity contribution in [2.45, 2.75) is 64.1 Å². The molecule has 0 radical (unpaired) electrons. The molecule has 0 saturated heterocycles. The van der Waals surface area contributed by atoms with Crippen molar-refractivity contribution in [3.63, 3.8) is 0 Å². The van der Waals surface area contributed by atoms with Crippen LogP contribution in [0, 0.1) is 5.82 Å². The van der Waals surface area contributed by atoms with E-state index in [1.165, 1.54) is 18.3 Å². The van der Waals surface area contributed by atoms with Crippen LogP contribution in [0.5, 0.6) is 0 Å². The first-order valence-corrected chi connectivity index (χ1v) is 11.4. The van der Waals surface area contributed by atoms with Crippen LogP contribution in [0.1, 0.15) is 56.8 Å². The first-order valence-electron chi connectivity index (χ1n) is 11.4. The van der Waals surface area contributed by atoms with Crippen molar-refractivity contribution >= 4 is 17.9 Å². The molecule has 0 aliphatic heterocycles. The molecule has 0 spiro atoms. The molecule has 1 aromatic heterocycles. The summed E-state index contributed by atoms with van der Waals surface area (Å²) in [5, 5.41) is 15.3. The molecule has 3 N–H and O–H groups in total. The highest BCUT2D eigenvalue weighted by atomic mass is 19.1. The van der Waals surface area contributed by atoms with Gasteiger partial charge in [0.05, 0.1) is 11.3 Å². The molecule has 0 bridgehead atoms. The Morgan fingerprint density at radius 2 is 1.71 bits per heavy atom. The van der Waals surface area contributed by atoms with Gasteiger partial charge in [0.15, 0.2) is 0 Å². The van der Waals surface area contributed by atoms with Crippen LogP contribution in [0.15, 0.2) is 42.6 Å². The Balaban J connectivity index is 1.47. The summed E-state index contributed by atoms with van der Waals surface area (Å²) in [6.45, 7) is 5.01. The van der Waals surface area contributed by atoms with Crippen LogP contribution < -0.4 is 10.6 Å². The molecule has 1 heterocycles. The van der Waals surface area contributed by atoms with Crippen LogP contribution in [-0.4, -0.2) is 57.1 Å². The van der Waals surface area contributed by atoms with Gasteiger partial charge in [0.1, 0.15) is 12.4 Å². The number of benzene rings is 1. The van der Waals surface area contributed by atoms with E-state index in [1.807, 2.05) is 0 Å². The SMILES string of the molecule is CC(C)(C)N(CC(=O)NC1CCC(NC(=O)c2ccc(-c3cccc(F)c3)nc2)CC1)C(=O)O. The molecule has 1 aliphatic carbocycles. The lowest BCUT2D eigenvalue weighted by Gasteiger charge is -2.34. The molecule has 1 fully saturated rings. The summed E-state index contributed by atoms with van der Waals surface area (Å²) in [5.41, 5.74) is 0.975. The molecule has 34 heavy (non-hydrogen) atoms. The van der Waals surface area contributed by atoms with E-state index in [4.69, 9.17) is 0 Å². The van der Waals surface area contributed by atoms with E-state index in [9.17, 15) is 23.9 Å². The zero-order chi connectivity index (χ0) is 24.9. The number of amides is 3. The highest BCUT2D eigenvalue weighted by Gasteiger charge is 2.30. The van der Waals surface area contributed by atoms with Crippen molar-refractivity contribution in [3.8, 4) is 11.3 Å². The fraction of sp³-hybridized carbons (Fsp3) is 0.440. The molecule has 8 nitrogen and oxygen atoms in total. The van der Waals surface area contributed by atoms with Crippen molar-refractivity contribution in [2.24, 2.45) is 0 Å².